The maximum absolute atomic E-state index is 3.48. The molecule has 14 heavy (non-hydrogen) atoms. The molecule has 0 heterocycles. The van der Waals surface area contributed by atoms with Crippen LogP contribution in [0.4, 0.5) is 0 Å². The van der Waals surface area contributed by atoms with Crippen molar-refractivity contribution < 1.29 is 0 Å². The summed E-state index contributed by atoms with van der Waals surface area (Å²) >= 11 is 0. The first-order chi connectivity index (χ1) is 6.77. The van der Waals surface area contributed by atoms with Gasteiger partial charge < -0.3 is 5.32 Å². The second-order valence-electron chi connectivity index (χ2n) is 4.77. The Kier molecular flexibility index (Phi) is 5.24. The molecule has 1 nitrogen and oxygen atoms in total. The third kappa shape index (κ3) is 4.28. The van der Waals surface area contributed by atoms with E-state index in [1.807, 2.05) is 0 Å². The Morgan fingerprint density at radius 3 is 2.43 bits per heavy atom. The minimum absolute atomic E-state index is 0.370. The fourth-order valence-corrected chi connectivity index (χ4v) is 2.14. The molecule has 0 aliphatic heterocycles. The van der Waals surface area contributed by atoms with Crippen molar-refractivity contribution in [1.29, 1.82) is 0 Å². The summed E-state index contributed by atoms with van der Waals surface area (Å²) in [5.41, 5.74) is 0.370. The summed E-state index contributed by atoms with van der Waals surface area (Å²) in [6, 6.07) is 0. The van der Waals surface area contributed by atoms with Gasteiger partial charge in [-0.05, 0) is 46.1 Å². The summed E-state index contributed by atoms with van der Waals surface area (Å²) in [4.78, 5) is 0. The van der Waals surface area contributed by atoms with Crippen molar-refractivity contribution in [2.75, 3.05) is 7.05 Å². The average Bonchev–Trinajstić information content (AvgIpc) is 2.24. The fourth-order valence-electron chi connectivity index (χ4n) is 2.14. The lowest BCUT2D eigenvalue weighted by Crippen LogP contribution is -2.39. The highest BCUT2D eigenvalue weighted by molar-refractivity contribution is 4.89. The topological polar surface area (TPSA) is 12.0 Å². The first-order valence-corrected chi connectivity index (χ1v) is 6.11. The van der Waals surface area contributed by atoms with E-state index in [-0.39, 0.29) is 0 Å². The fraction of sp³-hybridized carbons (Fsp3) is 0.846. The van der Waals surface area contributed by atoms with Crippen LogP contribution in [0.25, 0.3) is 0 Å². The van der Waals surface area contributed by atoms with Crippen LogP contribution in [0.5, 0.6) is 0 Å². The van der Waals surface area contributed by atoms with Crippen molar-refractivity contribution in [2.24, 2.45) is 0 Å². The maximum atomic E-state index is 3.48. The molecule has 0 fully saturated rings. The Labute approximate surface area is 89.0 Å². The molecular weight excluding hydrogens is 170 g/mol. The monoisotopic (exact) mass is 195 g/mol. The van der Waals surface area contributed by atoms with E-state index in [1.54, 1.807) is 0 Å². The van der Waals surface area contributed by atoms with Crippen LogP contribution in [0.15, 0.2) is 12.2 Å². The summed E-state index contributed by atoms with van der Waals surface area (Å²) in [7, 11) is 2.10. The Balaban J connectivity index is 2.43. The zero-order valence-electron chi connectivity index (χ0n) is 9.81. The number of nitrogens with one attached hydrogen (secondary N) is 1. The third-order valence-electron chi connectivity index (χ3n) is 3.48. The lowest BCUT2D eigenvalue weighted by Gasteiger charge is -2.29. The molecule has 82 valence electrons. The minimum Gasteiger partial charge on any atom is -0.315 e. The van der Waals surface area contributed by atoms with E-state index in [9.17, 15) is 0 Å². The van der Waals surface area contributed by atoms with Crippen molar-refractivity contribution in [1.82, 2.24) is 5.32 Å². The largest absolute Gasteiger partial charge is 0.315 e. The molecular formula is C13H25N. The van der Waals surface area contributed by atoms with E-state index >= 15 is 0 Å². The Bertz CT molecular complexity index is 174. The van der Waals surface area contributed by atoms with Crippen LogP contribution in [-0.4, -0.2) is 12.6 Å². The number of hydrogen-bond donors (Lipinski definition) is 1. The van der Waals surface area contributed by atoms with Gasteiger partial charge in [-0.15, -0.1) is 0 Å². The average molecular weight is 195 g/mol. The Hall–Kier alpha value is -0.300. The van der Waals surface area contributed by atoms with Crippen molar-refractivity contribution in [2.45, 2.75) is 63.8 Å². The molecule has 1 atom stereocenters. The lowest BCUT2D eigenvalue weighted by atomic mass is 9.89. The molecule has 1 N–H and O–H groups in total. The first-order valence-electron chi connectivity index (χ1n) is 6.11. The molecule has 0 amide bonds. The molecule has 1 rings (SSSR count). The SMILES string of the molecule is CNC1(C)CC/C=C\CCCCCC1. The zero-order valence-corrected chi connectivity index (χ0v) is 9.81. The number of allylic oxidation sites excluding steroid dienone is 2. The van der Waals surface area contributed by atoms with Gasteiger partial charge in [0.2, 0.25) is 0 Å². The van der Waals surface area contributed by atoms with E-state index in [2.05, 4.69) is 31.4 Å². The van der Waals surface area contributed by atoms with Crippen LogP contribution in [0, 0.1) is 0 Å². The van der Waals surface area contributed by atoms with E-state index in [0.717, 1.165) is 0 Å². The highest BCUT2D eigenvalue weighted by Crippen LogP contribution is 2.22. The van der Waals surface area contributed by atoms with Crippen molar-refractivity contribution in [3.05, 3.63) is 12.2 Å². The van der Waals surface area contributed by atoms with E-state index < -0.39 is 0 Å². The highest BCUT2D eigenvalue weighted by atomic mass is 14.9. The van der Waals surface area contributed by atoms with Gasteiger partial charge in [0.25, 0.3) is 0 Å². The van der Waals surface area contributed by atoms with Gasteiger partial charge in [-0.3, -0.25) is 0 Å². The van der Waals surface area contributed by atoms with Gasteiger partial charge in [0.15, 0.2) is 0 Å². The standard InChI is InChI=1S/C13H25N/c1-13(14-2)11-9-7-5-3-4-6-8-10-12-13/h5,7,14H,3-4,6,8-12H2,1-2H3/b7-5-. The maximum Gasteiger partial charge on any atom is 0.0153 e. The quantitative estimate of drug-likeness (QED) is 0.630. The second-order valence-corrected chi connectivity index (χ2v) is 4.77. The van der Waals surface area contributed by atoms with Crippen molar-refractivity contribution in [3.8, 4) is 0 Å². The van der Waals surface area contributed by atoms with Gasteiger partial charge in [0.05, 0.1) is 0 Å². The van der Waals surface area contributed by atoms with Crippen LogP contribution in [-0.2, 0) is 0 Å². The summed E-state index contributed by atoms with van der Waals surface area (Å²) in [5, 5.41) is 3.48. The summed E-state index contributed by atoms with van der Waals surface area (Å²) in [5.74, 6) is 0. The van der Waals surface area contributed by atoms with Crippen molar-refractivity contribution in [3.63, 3.8) is 0 Å². The third-order valence-corrected chi connectivity index (χ3v) is 3.48. The first kappa shape index (κ1) is 11.8. The van der Waals surface area contributed by atoms with Gasteiger partial charge in [0, 0.05) is 5.54 Å². The molecule has 1 aliphatic rings. The van der Waals surface area contributed by atoms with E-state index in [4.69, 9.17) is 0 Å². The van der Waals surface area contributed by atoms with Crippen LogP contribution < -0.4 is 5.32 Å². The van der Waals surface area contributed by atoms with E-state index in [1.165, 1.54) is 51.4 Å². The second kappa shape index (κ2) is 6.23. The zero-order chi connectivity index (χ0) is 10.3. The Morgan fingerprint density at radius 2 is 1.64 bits per heavy atom. The predicted octanol–water partition coefficient (Wildman–Crippen LogP) is 3.66. The molecule has 1 aliphatic carbocycles. The molecule has 1 heteroatoms. The van der Waals surface area contributed by atoms with Gasteiger partial charge in [-0.1, -0.05) is 31.4 Å². The summed E-state index contributed by atoms with van der Waals surface area (Å²) in [6.07, 6.45) is 15.4. The molecule has 1 unspecified atom stereocenters. The summed E-state index contributed by atoms with van der Waals surface area (Å²) in [6.45, 7) is 2.36. The van der Waals surface area contributed by atoms with Gasteiger partial charge >= 0.3 is 0 Å². The van der Waals surface area contributed by atoms with Crippen LogP contribution in [0.2, 0.25) is 0 Å². The van der Waals surface area contributed by atoms with Crippen molar-refractivity contribution >= 4 is 0 Å². The van der Waals surface area contributed by atoms with Crippen LogP contribution in [0.3, 0.4) is 0 Å². The van der Waals surface area contributed by atoms with Gasteiger partial charge in [-0.25, -0.2) is 0 Å². The number of hydrogen-bond acceptors (Lipinski definition) is 1. The smallest absolute Gasteiger partial charge is 0.0153 e. The Morgan fingerprint density at radius 1 is 0.929 bits per heavy atom. The molecule has 0 saturated heterocycles. The molecule has 0 aromatic rings. The number of rotatable bonds is 1. The molecule has 0 saturated carbocycles. The minimum atomic E-state index is 0.370. The van der Waals surface area contributed by atoms with Gasteiger partial charge in [-0.2, -0.15) is 0 Å². The molecule has 0 aromatic carbocycles. The lowest BCUT2D eigenvalue weighted by molar-refractivity contribution is 0.322. The normalized spacial score (nSPS) is 33.3. The molecule has 0 bridgehead atoms. The van der Waals surface area contributed by atoms with Gasteiger partial charge in [0.1, 0.15) is 0 Å². The van der Waals surface area contributed by atoms with Crippen LogP contribution >= 0.6 is 0 Å². The summed E-state index contributed by atoms with van der Waals surface area (Å²) < 4.78 is 0. The molecule has 0 spiro atoms. The highest BCUT2D eigenvalue weighted by Gasteiger charge is 2.19. The van der Waals surface area contributed by atoms with E-state index in [0.29, 0.717) is 5.54 Å². The van der Waals surface area contributed by atoms with Crippen LogP contribution in [0.1, 0.15) is 58.3 Å². The predicted molar refractivity (Wildman–Crippen MR) is 63.5 cm³/mol. The molecule has 0 aromatic heterocycles. The molecule has 0 radical (unpaired) electrons.